The molecule has 0 radical (unpaired) electrons. The number of likely N-dealkylation sites (N-methyl/N-ethyl adjacent to an activating group) is 1. The zero-order valence-corrected chi connectivity index (χ0v) is 25.4. The first kappa shape index (κ1) is 42.5. The molecule has 1 N–H and O–H groups in total. The van der Waals surface area contributed by atoms with Crippen molar-refractivity contribution in [3.63, 3.8) is 0 Å². The van der Waals surface area contributed by atoms with Gasteiger partial charge in [0.1, 0.15) is 0 Å². The van der Waals surface area contributed by atoms with Gasteiger partial charge in [-0.3, -0.25) is 0 Å². The molecule has 0 aliphatic heterocycles. The summed E-state index contributed by atoms with van der Waals surface area (Å²) in [6.45, 7) is 17.8. The Morgan fingerprint density at radius 3 is 1.13 bits per heavy atom. The highest BCUT2D eigenvalue weighted by molar-refractivity contribution is 4.98. The van der Waals surface area contributed by atoms with Crippen LogP contribution in [-0.2, 0) is 42.6 Å². The molecule has 0 aromatic rings. The number of hydrogen-bond acceptors (Lipinski definition) is 11. The molecule has 0 unspecified atom stereocenters. The maximum Gasteiger partial charge on any atom is 0.0701 e. The van der Waals surface area contributed by atoms with Crippen molar-refractivity contribution in [1.82, 2.24) is 4.90 Å². The van der Waals surface area contributed by atoms with Crippen LogP contribution in [0.5, 0.6) is 0 Å². The summed E-state index contributed by atoms with van der Waals surface area (Å²) < 4.78 is 47.4. The molecule has 11 nitrogen and oxygen atoms in total. The van der Waals surface area contributed by atoms with Gasteiger partial charge in [-0.1, -0.05) is 38.7 Å². The Bertz CT molecular complexity index is 445. The van der Waals surface area contributed by atoms with Gasteiger partial charge in [0, 0.05) is 27.3 Å². The van der Waals surface area contributed by atoms with Crippen molar-refractivity contribution in [3.8, 4) is 0 Å². The number of ether oxygens (including phenoxy) is 9. The highest BCUT2D eigenvalue weighted by Crippen LogP contribution is 1.88. The molecule has 236 valence electrons. The topological polar surface area (TPSA) is 107 Å². The first-order valence-electron chi connectivity index (χ1n) is 13.8. The van der Waals surface area contributed by atoms with E-state index >= 15 is 0 Å². The van der Waals surface area contributed by atoms with Crippen molar-refractivity contribution in [3.05, 3.63) is 24.8 Å². The fourth-order valence-electron chi connectivity index (χ4n) is 2.35. The minimum atomic E-state index is 0.0311. The first-order valence-corrected chi connectivity index (χ1v) is 13.8. The maximum atomic E-state index is 8.55. The van der Waals surface area contributed by atoms with Crippen LogP contribution in [0.2, 0.25) is 0 Å². The Hall–Kier alpha value is -0.960. The normalized spacial score (nSPS) is 10.8. The fraction of sp³-hybridized carbons (Fsp3) is 0.857. The molecule has 0 aromatic carbocycles. The van der Waals surface area contributed by atoms with Crippen LogP contribution < -0.4 is 0 Å². The highest BCUT2D eigenvalue weighted by Gasteiger charge is 1.97. The lowest BCUT2D eigenvalue weighted by molar-refractivity contribution is -0.0240. The summed E-state index contributed by atoms with van der Waals surface area (Å²) in [6, 6.07) is 0. The second-order valence-electron chi connectivity index (χ2n) is 7.46. The zero-order valence-electron chi connectivity index (χ0n) is 25.4. The van der Waals surface area contributed by atoms with Gasteiger partial charge in [0.15, 0.2) is 0 Å². The number of rotatable bonds is 29. The van der Waals surface area contributed by atoms with Crippen LogP contribution in [0.15, 0.2) is 24.8 Å². The third kappa shape index (κ3) is 47.2. The van der Waals surface area contributed by atoms with E-state index in [1.54, 1.807) is 20.3 Å². The van der Waals surface area contributed by atoms with Crippen LogP contribution in [-0.4, -0.2) is 157 Å². The Morgan fingerprint density at radius 1 is 0.564 bits per heavy atom. The third-order valence-corrected chi connectivity index (χ3v) is 4.15. The van der Waals surface area contributed by atoms with Crippen molar-refractivity contribution in [2.75, 3.05) is 147 Å². The smallest absolute Gasteiger partial charge is 0.0701 e. The SMILES string of the molecule is C=C/C=C/CN(C)CCOCCOCCOCCOCCOCCOCCOCCOCCO.CC.COC. The second-order valence-corrected chi connectivity index (χ2v) is 7.46. The number of hydrogen-bond donors (Lipinski definition) is 1. The van der Waals surface area contributed by atoms with Gasteiger partial charge in [0.2, 0.25) is 0 Å². The molecular formula is C28H59NO10. The molecule has 0 saturated carbocycles. The van der Waals surface area contributed by atoms with E-state index in [-0.39, 0.29) is 6.61 Å². The van der Waals surface area contributed by atoms with Crippen molar-refractivity contribution in [2.24, 2.45) is 0 Å². The zero-order chi connectivity index (χ0) is 29.5. The second kappa shape index (κ2) is 44.1. The van der Waals surface area contributed by atoms with Crippen LogP contribution in [0.4, 0.5) is 0 Å². The molecule has 0 atom stereocenters. The summed E-state index contributed by atoms with van der Waals surface area (Å²) in [5.41, 5.74) is 0. The van der Waals surface area contributed by atoms with Gasteiger partial charge in [-0.25, -0.2) is 0 Å². The standard InChI is InChI=1S/C24H47NO9.C2H6O.C2H6/c1-3-4-5-6-25(2)7-9-27-11-13-29-15-17-31-19-21-33-23-24-34-22-20-32-18-16-30-14-12-28-10-8-26;1-3-2;1-2/h3-5,26H,1,6-24H2,2H3;1-2H3;1-2H3/b5-4+;;. The van der Waals surface area contributed by atoms with Crippen molar-refractivity contribution in [2.45, 2.75) is 13.8 Å². The van der Waals surface area contributed by atoms with Crippen LogP contribution in [0, 0.1) is 0 Å². The summed E-state index contributed by atoms with van der Waals surface area (Å²) in [5, 5.41) is 8.55. The van der Waals surface area contributed by atoms with Crippen LogP contribution in [0.1, 0.15) is 13.8 Å². The highest BCUT2D eigenvalue weighted by atomic mass is 16.6. The molecule has 0 fully saturated rings. The Labute approximate surface area is 238 Å². The van der Waals surface area contributed by atoms with E-state index in [1.165, 1.54) is 0 Å². The van der Waals surface area contributed by atoms with Gasteiger partial charge in [-0.2, -0.15) is 0 Å². The number of aliphatic hydroxyl groups excluding tert-OH is 1. The van der Waals surface area contributed by atoms with E-state index in [0.717, 1.165) is 13.1 Å². The molecule has 11 heteroatoms. The van der Waals surface area contributed by atoms with Crippen molar-refractivity contribution < 1.29 is 47.7 Å². The predicted octanol–water partition coefficient (Wildman–Crippen LogP) is 2.07. The maximum absolute atomic E-state index is 8.55. The van der Waals surface area contributed by atoms with E-state index in [0.29, 0.717) is 106 Å². The average molecular weight is 570 g/mol. The van der Waals surface area contributed by atoms with E-state index < -0.39 is 0 Å². The largest absolute Gasteiger partial charge is 0.394 e. The molecule has 0 bridgehead atoms. The number of aliphatic hydroxyl groups is 1. The average Bonchev–Trinajstić information content (AvgIpc) is 2.94. The molecular weight excluding hydrogens is 510 g/mol. The summed E-state index contributed by atoms with van der Waals surface area (Å²) in [5.74, 6) is 0. The number of allylic oxidation sites excluding steroid dienone is 2. The Balaban J connectivity index is -0.00000241. The monoisotopic (exact) mass is 569 g/mol. The van der Waals surface area contributed by atoms with E-state index in [2.05, 4.69) is 29.3 Å². The summed E-state index contributed by atoms with van der Waals surface area (Å²) in [7, 11) is 5.30. The fourth-order valence-corrected chi connectivity index (χ4v) is 2.35. The van der Waals surface area contributed by atoms with Gasteiger partial charge in [-0.15, -0.1) is 0 Å². The van der Waals surface area contributed by atoms with Gasteiger partial charge in [0.05, 0.1) is 112 Å². The van der Waals surface area contributed by atoms with Crippen molar-refractivity contribution >= 4 is 0 Å². The molecule has 39 heavy (non-hydrogen) atoms. The lowest BCUT2D eigenvalue weighted by Gasteiger charge is -2.14. The van der Waals surface area contributed by atoms with Gasteiger partial charge >= 0.3 is 0 Å². The third-order valence-electron chi connectivity index (χ3n) is 4.15. The molecule has 0 spiro atoms. The molecule has 0 heterocycles. The quantitative estimate of drug-likeness (QED) is 0.106. The molecule has 0 aliphatic rings. The van der Waals surface area contributed by atoms with E-state index in [1.807, 2.05) is 19.9 Å². The lowest BCUT2D eigenvalue weighted by Crippen LogP contribution is -2.24. The van der Waals surface area contributed by atoms with E-state index in [9.17, 15) is 0 Å². The van der Waals surface area contributed by atoms with Crippen LogP contribution >= 0.6 is 0 Å². The number of methoxy groups -OCH3 is 1. The first-order chi connectivity index (χ1) is 19.2. The minimum Gasteiger partial charge on any atom is -0.394 e. The van der Waals surface area contributed by atoms with Crippen molar-refractivity contribution in [1.29, 1.82) is 0 Å². The lowest BCUT2D eigenvalue weighted by atomic mass is 10.4. The van der Waals surface area contributed by atoms with Crippen LogP contribution in [0.3, 0.4) is 0 Å². The number of nitrogens with zero attached hydrogens (tertiary/aromatic N) is 1. The predicted molar refractivity (Wildman–Crippen MR) is 155 cm³/mol. The Kier molecular flexibility index (Phi) is 48.0. The summed E-state index contributed by atoms with van der Waals surface area (Å²) in [6.07, 6.45) is 5.77. The molecule has 0 amide bonds. The molecule has 0 aromatic heterocycles. The minimum absolute atomic E-state index is 0.0311. The summed E-state index contributed by atoms with van der Waals surface area (Å²) in [4.78, 5) is 2.18. The van der Waals surface area contributed by atoms with E-state index in [4.69, 9.17) is 43.0 Å². The van der Waals surface area contributed by atoms with Crippen LogP contribution in [0.25, 0.3) is 0 Å². The molecule has 0 rings (SSSR count). The van der Waals surface area contributed by atoms with Gasteiger partial charge < -0.3 is 52.6 Å². The summed E-state index contributed by atoms with van der Waals surface area (Å²) >= 11 is 0. The van der Waals surface area contributed by atoms with Gasteiger partial charge in [-0.05, 0) is 7.05 Å². The Morgan fingerprint density at radius 2 is 0.846 bits per heavy atom. The molecule has 0 aliphatic carbocycles. The molecule has 0 saturated heterocycles. The van der Waals surface area contributed by atoms with Gasteiger partial charge in [0.25, 0.3) is 0 Å².